The summed E-state index contributed by atoms with van der Waals surface area (Å²) in [4.78, 5) is 17.3. The third kappa shape index (κ3) is 4.46. The van der Waals surface area contributed by atoms with Crippen molar-refractivity contribution in [2.24, 2.45) is 0 Å². The lowest BCUT2D eigenvalue weighted by atomic mass is 10.1. The molecule has 0 atom stereocenters. The van der Waals surface area contributed by atoms with E-state index in [9.17, 15) is 4.79 Å². The Morgan fingerprint density at radius 1 is 0.844 bits per heavy atom. The Bertz CT molecular complexity index is 1100. The average molecular weight is 438 g/mol. The third-order valence-electron chi connectivity index (χ3n) is 6.34. The maximum atomic E-state index is 12.3. The molecule has 0 bridgehead atoms. The predicted molar refractivity (Wildman–Crippen MR) is 124 cm³/mol. The number of para-hydroxylation sites is 1. The monoisotopic (exact) mass is 437 g/mol. The van der Waals surface area contributed by atoms with Crippen molar-refractivity contribution < 1.29 is 9.47 Å². The zero-order valence-corrected chi connectivity index (χ0v) is 18.5. The Kier molecular flexibility index (Phi) is 6.29. The van der Waals surface area contributed by atoms with Crippen molar-refractivity contribution in [2.75, 3.05) is 50.8 Å². The van der Waals surface area contributed by atoms with E-state index in [0.717, 1.165) is 62.8 Å². The molecule has 0 unspecified atom stereocenters. The molecule has 170 valence electrons. The van der Waals surface area contributed by atoms with E-state index in [1.165, 1.54) is 12.8 Å². The number of anilines is 1. The number of ether oxygens (including phenoxy) is 2. The predicted octanol–water partition coefficient (Wildman–Crippen LogP) is 2.65. The Labute approximate surface area is 188 Å². The van der Waals surface area contributed by atoms with Crippen molar-refractivity contribution in [3.8, 4) is 11.5 Å². The van der Waals surface area contributed by atoms with E-state index in [0.29, 0.717) is 25.4 Å². The van der Waals surface area contributed by atoms with Crippen LogP contribution in [0.2, 0.25) is 0 Å². The van der Waals surface area contributed by atoms with Gasteiger partial charge in [-0.1, -0.05) is 25.0 Å². The molecule has 4 heterocycles. The summed E-state index contributed by atoms with van der Waals surface area (Å²) in [5.41, 5.74) is 1.82. The van der Waals surface area contributed by atoms with Gasteiger partial charge in [-0.05, 0) is 43.7 Å². The maximum absolute atomic E-state index is 12.3. The van der Waals surface area contributed by atoms with Crippen LogP contribution in [-0.2, 0) is 6.54 Å². The van der Waals surface area contributed by atoms with E-state index in [-0.39, 0.29) is 5.69 Å². The molecular formula is C24H31N5O3. The molecular weight excluding hydrogens is 406 g/mol. The van der Waals surface area contributed by atoms with Gasteiger partial charge < -0.3 is 14.4 Å². The highest BCUT2D eigenvalue weighted by molar-refractivity contribution is 5.65. The number of rotatable bonds is 8. The number of fused-ring (bicyclic) bond motifs is 2. The molecule has 0 N–H and O–H groups in total. The number of benzene rings is 1. The highest BCUT2D eigenvalue weighted by Gasteiger charge is 2.23. The summed E-state index contributed by atoms with van der Waals surface area (Å²) in [6.45, 7) is 7.23. The van der Waals surface area contributed by atoms with Crippen molar-refractivity contribution in [1.82, 2.24) is 19.1 Å². The van der Waals surface area contributed by atoms with Crippen molar-refractivity contribution >= 4 is 11.3 Å². The van der Waals surface area contributed by atoms with E-state index < -0.39 is 0 Å². The first-order valence-electron chi connectivity index (χ1n) is 11.7. The second kappa shape index (κ2) is 9.65. The van der Waals surface area contributed by atoms with Gasteiger partial charge in [-0.2, -0.15) is 0 Å². The zero-order valence-electron chi connectivity index (χ0n) is 18.5. The Balaban J connectivity index is 1.02. The van der Waals surface area contributed by atoms with Crippen LogP contribution in [0.5, 0.6) is 11.5 Å². The first-order chi connectivity index (χ1) is 15.8. The minimum Gasteiger partial charge on any atom is -0.486 e. The fraction of sp³-hybridized carbons (Fsp3) is 0.500. The van der Waals surface area contributed by atoms with E-state index in [1.54, 1.807) is 15.3 Å². The molecule has 3 aromatic rings. The lowest BCUT2D eigenvalue weighted by molar-refractivity contribution is 0.171. The molecule has 8 heteroatoms. The van der Waals surface area contributed by atoms with Crippen LogP contribution in [0.3, 0.4) is 0 Å². The van der Waals surface area contributed by atoms with Gasteiger partial charge in [0.1, 0.15) is 13.2 Å². The summed E-state index contributed by atoms with van der Waals surface area (Å²) in [5.74, 6) is 1.76. The van der Waals surface area contributed by atoms with Crippen LogP contribution < -0.4 is 20.1 Å². The Hall–Kier alpha value is -3.00. The van der Waals surface area contributed by atoms with Crippen molar-refractivity contribution in [2.45, 2.75) is 32.2 Å². The summed E-state index contributed by atoms with van der Waals surface area (Å²) in [5, 5.41) is 4.40. The van der Waals surface area contributed by atoms with Gasteiger partial charge in [0, 0.05) is 38.9 Å². The minimum absolute atomic E-state index is 0.0462. The van der Waals surface area contributed by atoms with Gasteiger partial charge in [0.05, 0.1) is 5.69 Å². The third-order valence-corrected chi connectivity index (χ3v) is 6.34. The molecule has 5 rings (SSSR count). The SMILES string of the molecule is O=c1n(CCCCCCN2CCN(c3cccc4c3OCCO4)CC2)nc2ccccn12. The number of hydrogen-bond acceptors (Lipinski definition) is 6. The van der Waals surface area contributed by atoms with Crippen molar-refractivity contribution in [3.05, 3.63) is 53.1 Å². The fourth-order valence-electron chi connectivity index (χ4n) is 4.58. The van der Waals surface area contributed by atoms with Crippen LogP contribution in [-0.4, -0.2) is 65.0 Å². The smallest absolute Gasteiger partial charge is 0.350 e. The lowest BCUT2D eigenvalue weighted by Crippen LogP contribution is -2.46. The average Bonchev–Trinajstić information content (AvgIpc) is 3.17. The van der Waals surface area contributed by atoms with Crippen LogP contribution in [0, 0.1) is 0 Å². The molecule has 8 nitrogen and oxygen atoms in total. The largest absolute Gasteiger partial charge is 0.486 e. The zero-order chi connectivity index (χ0) is 21.8. The van der Waals surface area contributed by atoms with Crippen LogP contribution in [0.25, 0.3) is 5.65 Å². The summed E-state index contributed by atoms with van der Waals surface area (Å²) < 4.78 is 14.8. The van der Waals surface area contributed by atoms with Gasteiger partial charge in [0.25, 0.3) is 0 Å². The van der Waals surface area contributed by atoms with Crippen LogP contribution in [0.1, 0.15) is 25.7 Å². The number of aryl methyl sites for hydroxylation is 1. The van der Waals surface area contributed by atoms with E-state index in [4.69, 9.17) is 9.47 Å². The van der Waals surface area contributed by atoms with Crippen molar-refractivity contribution in [3.63, 3.8) is 0 Å². The molecule has 0 saturated carbocycles. The van der Waals surface area contributed by atoms with E-state index in [2.05, 4.69) is 27.0 Å². The van der Waals surface area contributed by atoms with E-state index in [1.807, 2.05) is 24.3 Å². The first-order valence-corrected chi connectivity index (χ1v) is 11.7. The quantitative estimate of drug-likeness (QED) is 0.505. The molecule has 32 heavy (non-hydrogen) atoms. The summed E-state index contributed by atoms with van der Waals surface area (Å²) >= 11 is 0. The minimum atomic E-state index is -0.0462. The normalized spacial score (nSPS) is 16.6. The number of aromatic nitrogens is 3. The number of piperazine rings is 1. The van der Waals surface area contributed by atoms with Gasteiger partial charge in [-0.15, -0.1) is 5.10 Å². The molecule has 1 fully saturated rings. The molecule has 1 saturated heterocycles. The molecule has 0 amide bonds. The molecule has 2 aliphatic rings. The second-order valence-electron chi connectivity index (χ2n) is 8.48. The maximum Gasteiger partial charge on any atom is 0.350 e. The number of nitrogens with zero attached hydrogens (tertiary/aromatic N) is 5. The Morgan fingerprint density at radius 3 is 2.50 bits per heavy atom. The highest BCUT2D eigenvalue weighted by atomic mass is 16.6. The Morgan fingerprint density at radius 2 is 1.66 bits per heavy atom. The van der Waals surface area contributed by atoms with Crippen molar-refractivity contribution in [1.29, 1.82) is 0 Å². The molecule has 0 spiro atoms. The molecule has 1 aromatic carbocycles. The number of unbranched alkanes of at least 4 members (excludes halogenated alkanes) is 3. The molecule has 2 aromatic heterocycles. The topological polar surface area (TPSA) is 64.2 Å². The van der Waals surface area contributed by atoms with Gasteiger partial charge in [-0.25, -0.2) is 9.48 Å². The van der Waals surface area contributed by atoms with Gasteiger partial charge in [-0.3, -0.25) is 9.30 Å². The molecule has 0 aliphatic carbocycles. The lowest BCUT2D eigenvalue weighted by Gasteiger charge is -2.37. The summed E-state index contributed by atoms with van der Waals surface area (Å²) in [6, 6.07) is 11.8. The molecule has 0 radical (unpaired) electrons. The van der Waals surface area contributed by atoms with Crippen LogP contribution in [0.15, 0.2) is 47.4 Å². The highest BCUT2D eigenvalue weighted by Crippen LogP contribution is 2.39. The van der Waals surface area contributed by atoms with Gasteiger partial charge in [0.15, 0.2) is 17.1 Å². The molecule has 2 aliphatic heterocycles. The van der Waals surface area contributed by atoms with E-state index >= 15 is 0 Å². The standard InChI is InChI=1S/C24H31N5O3/c30-24-28-12-6-3-10-22(28)25-29(24)13-5-2-1-4-11-26-14-16-27(17-15-26)20-8-7-9-21-23(20)32-19-18-31-21/h3,6-10,12H,1-2,4-5,11,13-19H2. The first kappa shape index (κ1) is 20.9. The number of hydrogen-bond donors (Lipinski definition) is 0. The van der Waals surface area contributed by atoms with Crippen LogP contribution >= 0.6 is 0 Å². The van der Waals surface area contributed by atoms with Gasteiger partial charge in [0.2, 0.25) is 0 Å². The number of pyridine rings is 1. The summed E-state index contributed by atoms with van der Waals surface area (Å²) in [6.07, 6.45) is 6.25. The second-order valence-corrected chi connectivity index (χ2v) is 8.48. The van der Waals surface area contributed by atoms with Gasteiger partial charge >= 0.3 is 5.69 Å². The summed E-state index contributed by atoms with van der Waals surface area (Å²) in [7, 11) is 0. The van der Waals surface area contributed by atoms with Crippen LogP contribution in [0.4, 0.5) is 5.69 Å². The fourth-order valence-corrected chi connectivity index (χ4v) is 4.58.